The Hall–Kier alpha value is -2.33. The van der Waals surface area contributed by atoms with E-state index in [0.29, 0.717) is 17.7 Å². The van der Waals surface area contributed by atoms with Crippen LogP contribution in [0, 0.1) is 0 Å². The Morgan fingerprint density at radius 2 is 1.32 bits per heavy atom. The van der Waals surface area contributed by atoms with Gasteiger partial charge in [0, 0.05) is 12.0 Å². The number of carbonyl (C=O) groups is 1. The van der Waals surface area contributed by atoms with Crippen LogP contribution in [-0.4, -0.2) is 43.8 Å². The smallest absolute Gasteiger partial charge is 0.364 e. The van der Waals surface area contributed by atoms with Crippen molar-refractivity contribution in [2.75, 3.05) is 27.3 Å². The highest BCUT2D eigenvalue weighted by atomic mass is 16.5. The molecule has 1 atom stereocenters. The van der Waals surface area contributed by atoms with Gasteiger partial charge < -0.3 is 14.0 Å². The lowest BCUT2D eigenvalue weighted by molar-refractivity contribution is -0.919. The van der Waals surface area contributed by atoms with Crippen molar-refractivity contribution >= 4 is 5.97 Å². The van der Waals surface area contributed by atoms with Crippen molar-refractivity contribution < 1.29 is 18.8 Å². The number of benzene rings is 2. The van der Waals surface area contributed by atoms with Crippen LogP contribution in [0.25, 0.3) is 0 Å². The largest absolute Gasteiger partial charge is 0.494 e. The average Bonchev–Trinajstić information content (AvgIpc) is 2.91. The predicted molar refractivity (Wildman–Crippen MR) is 159 cm³/mol. The minimum atomic E-state index is -0.166. The van der Waals surface area contributed by atoms with Crippen molar-refractivity contribution in [2.45, 2.75) is 110 Å². The van der Waals surface area contributed by atoms with Crippen molar-refractivity contribution in [3.63, 3.8) is 0 Å². The molecule has 1 unspecified atom stereocenters. The number of nitrogens with zero attached hydrogens (tertiary/aromatic N) is 1. The van der Waals surface area contributed by atoms with Crippen LogP contribution < -0.4 is 4.74 Å². The zero-order valence-electron chi connectivity index (χ0n) is 24.8. The van der Waals surface area contributed by atoms with Crippen molar-refractivity contribution in [3.05, 3.63) is 65.7 Å². The summed E-state index contributed by atoms with van der Waals surface area (Å²) in [6, 6.07) is 18.7. The van der Waals surface area contributed by atoms with E-state index in [-0.39, 0.29) is 12.0 Å². The summed E-state index contributed by atoms with van der Waals surface area (Å²) in [5, 5.41) is 0. The van der Waals surface area contributed by atoms with Crippen LogP contribution in [-0.2, 0) is 22.5 Å². The summed E-state index contributed by atoms with van der Waals surface area (Å²) in [5.74, 6) is 0.820. The lowest BCUT2D eigenvalue weighted by Crippen LogP contribution is -2.52. The zero-order valence-corrected chi connectivity index (χ0v) is 24.8. The number of hydrogen-bond donors (Lipinski definition) is 0. The maximum Gasteiger partial charge on any atom is 0.364 e. The van der Waals surface area contributed by atoms with Crippen molar-refractivity contribution in [1.29, 1.82) is 0 Å². The fourth-order valence-corrected chi connectivity index (χ4v) is 5.17. The first-order valence-corrected chi connectivity index (χ1v) is 15.2. The van der Waals surface area contributed by atoms with Crippen molar-refractivity contribution in [1.82, 2.24) is 0 Å². The molecule has 0 spiro atoms. The minimum Gasteiger partial charge on any atom is -0.494 e. The van der Waals surface area contributed by atoms with Crippen LogP contribution in [0.5, 0.6) is 5.75 Å². The molecule has 0 N–H and O–H groups in total. The number of esters is 1. The van der Waals surface area contributed by atoms with E-state index in [9.17, 15) is 4.79 Å². The monoisotopic (exact) mass is 524 g/mol. The Balaban J connectivity index is 1.55. The highest BCUT2D eigenvalue weighted by molar-refractivity contribution is 5.74. The first-order chi connectivity index (χ1) is 18.5. The van der Waals surface area contributed by atoms with Gasteiger partial charge in [-0.25, -0.2) is 4.79 Å². The van der Waals surface area contributed by atoms with E-state index in [2.05, 4.69) is 64.3 Å². The first kappa shape index (κ1) is 31.9. The van der Waals surface area contributed by atoms with Crippen LogP contribution in [0.1, 0.15) is 102 Å². The van der Waals surface area contributed by atoms with Gasteiger partial charge in [-0.1, -0.05) is 108 Å². The summed E-state index contributed by atoms with van der Waals surface area (Å²) in [4.78, 5) is 12.8. The second-order valence-corrected chi connectivity index (χ2v) is 11.3. The minimum absolute atomic E-state index is 0.100. The first-order valence-electron chi connectivity index (χ1n) is 15.2. The SMILES string of the molecule is CCCCCCCCCCCc1ccc(OCCCCOC(=O)C(CC)[N+](C)(C)Cc2ccccc2)cc1. The van der Waals surface area contributed by atoms with Crippen LogP contribution >= 0.6 is 0 Å². The fraction of sp³-hybridized carbons (Fsp3) is 0.618. The Morgan fingerprint density at radius 3 is 1.95 bits per heavy atom. The molecule has 0 aliphatic carbocycles. The maximum atomic E-state index is 12.8. The Bertz CT molecular complexity index is 863. The summed E-state index contributed by atoms with van der Waals surface area (Å²) >= 11 is 0. The highest BCUT2D eigenvalue weighted by Gasteiger charge is 2.34. The number of carbonyl (C=O) groups excluding carboxylic acids is 1. The van der Waals surface area contributed by atoms with E-state index in [1.165, 1.54) is 68.9 Å². The third kappa shape index (κ3) is 13.0. The molecule has 0 saturated carbocycles. The number of unbranched alkanes of at least 4 members (excludes halogenated alkanes) is 9. The van der Waals surface area contributed by atoms with E-state index >= 15 is 0 Å². The maximum absolute atomic E-state index is 12.8. The second-order valence-electron chi connectivity index (χ2n) is 11.3. The highest BCUT2D eigenvalue weighted by Crippen LogP contribution is 2.19. The van der Waals surface area contributed by atoms with Gasteiger partial charge in [-0.05, 0) is 43.4 Å². The Labute approximate surface area is 233 Å². The summed E-state index contributed by atoms with van der Waals surface area (Å²) < 4.78 is 12.2. The molecule has 4 nitrogen and oxygen atoms in total. The molecular weight excluding hydrogens is 470 g/mol. The third-order valence-corrected chi connectivity index (χ3v) is 7.48. The molecule has 0 radical (unpaired) electrons. The molecular formula is C34H54NO3+. The third-order valence-electron chi connectivity index (χ3n) is 7.48. The standard InChI is InChI=1S/C34H54NO3/c1-5-7-8-9-10-11-12-13-15-20-30-23-25-32(26-24-30)37-27-18-19-28-38-34(36)33(6-2)35(3,4)29-31-21-16-14-17-22-31/h14,16-17,21-26,33H,5-13,15,18-20,27-29H2,1-4H3/q+1. The van der Waals surface area contributed by atoms with Gasteiger partial charge in [0.2, 0.25) is 0 Å². The van der Waals surface area contributed by atoms with Crippen LogP contribution in [0.3, 0.4) is 0 Å². The topological polar surface area (TPSA) is 35.5 Å². The van der Waals surface area contributed by atoms with Gasteiger partial charge in [0.25, 0.3) is 0 Å². The molecule has 0 amide bonds. The molecule has 0 saturated heterocycles. The van der Waals surface area contributed by atoms with Gasteiger partial charge in [-0.3, -0.25) is 0 Å². The number of aryl methyl sites for hydroxylation is 1. The van der Waals surface area contributed by atoms with Gasteiger partial charge in [0.05, 0.1) is 27.3 Å². The Morgan fingerprint density at radius 1 is 0.711 bits per heavy atom. The number of likely N-dealkylation sites (N-methyl/N-ethyl adjacent to an activating group) is 1. The molecule has 0 heterocycles. The van der Waals surface area contributed by atoms with Gasteiger partial charge in [-0.15, -0.1) is 0 Å². The van der Waals surface area contributed by atoms with Gasteiger partial charge in [0.15, 0.2) is 6.04 Å². The average molecular weight is 525 g/mol. The van der Waals surface area contributed by atoms with E-state index in [1.54, 1.807) is 0 Å². The predicted octanol–water partition coefficient (Wildman–Crippen LogP) is 8.52. The summed E-state index contributed by atoms with van der Waals surface area (Å²) in [7, 11) is 4.22. The van der Waals surface area contributed by atoms with Crippen molar-refractivity contribution in [2.24, 2.45) is 0 Å². The summed E-state index contributed by atoms with van der Waals surface area (Å²) in [6.07, 6.45) is 15.9. The number of quaternary nitrogens is 1. The van der Waals surface area contributed by atoms with E-state index in [0.717, 1.165) is 38.0 Å². The van der Waals surface area contributed by atoms with Crippen LogP contribution in [0.15, 0.2) is 54.6 Å². The number of ether oxygens (including phenoxy) is 2. The molecule has 2 aromatic carbocycles. The summed E-state index contributed by atoms with van der Waals surface area (Å²) in [5.41, 5.74) is 2.63. The van der Waals surface area contributed by atoms with Crippen molar-refractivity contribution in [3.8, 4) is 5.75 Å². The Kier molecular flexibility index (Phi) is 15.8. The zero-order chi connectivity index (χ0) is 27.5. The van der Waals surface area contributed by atoms with Gasteiger partial charge in [0.1, 0.15) is 12.3 Å². The second kappa shape index (κ2) is 18.8. The molecule has 38 heavy (non-hydrogen) atoms. The van der Waals surface area contributed by atoms with Crippen LogP contribution in [0.2, 0.25) is 0 Å². The van der Waals surface area contributed by atoms with Gasteiger partial charge in [-0.2, -0.15) is 0 Å². The number of hydrogen-bond acceptors (Lipinski definition) is 3. The summed E-state index contributed by atoms with van der Waals surface area (Å²) in [6.45, 7) is 6.23. The molecule has 0 bridgehead atoms. The molecule has 2 rings (SSSR count). The lowest BCUT2D eigenvalue weighted by Gasteiger charge is -2.36. The van der Waals surface area contributed by atoms with E-state index < -0.39 is 0 Å². The molecule has 0 fully saturated rings. The molecule has 0 aliphatic rings. The lowest BCUT2D eigenvalue weighted by atomic mass is 10.0. The van der Waals surface area contributed by atoms with Gasteiger partial charge >= 0.3 is 5.97 Å². The molecule has 2 aromatic rings. The van der Waals surface area contributed by atoms with Crippen LogP contribution in [0.4, 0.5) is 0 Å². The fourth-order valence-electron chi connectivity index (χ4n) is 5.17. The quantitative estimate of drug-likeness (QED) is 0.0932. The van der Waals surface area contributed by atoms with E-state index in [1.807, 2.05) is 18.2 Å². The number of rotatable bonds is 21. The normalized spacial score (nSPS) is 12.3. The molecule has 212 valence electrons. The molecule has 4 heteroatoms. The molecule has 0 aromatic heterocycles. The molecule has 0 aliphatic heterocycles. The van der Waals surface area contributed by atoms with E-state index in [4.69, 9.17) is 9.47 Å².